The van der Waals surface area contributed by atoms with Crippen LogP contribution < -0.4 is 16.4 Å². The molecular formula is C9H15N3O3. The summed E-state index contributed by atoms with van der Waals surface area (Å²) in [6.07, 6.45) is 1.27. The van der Waals surface area contributed by atoms with Crippen molar-refractivity contribution in [1.29, 1.82) is 0 Å². The zero-order valence-electron chi connectivity index (χ0n) is 8.58. The number of carbonyl (C=O) groups is 3. The summed E-state index contributed by atoms with van der Waals surface area (Å²) in [5, 5.41) is 4.80. The lowest BCUT2D eigenvalue weighted by atomic mass is 10.2. The summed E-state index contributed by atoms with van der Waals surface area (Å²) < 4.78 is 0. The maximum atomic E-state index is 11.4. The monoisotopic (exact) mass is 213 g/mol. The minimum atomic E-state index is -0.917. The third-order valence-corrected chi connectivity index (χ3v) is 1.52. The molecule has 1 atom stereocenters. The first kappa shape index (κ1) is 13.2. The van der Waals surface area contributed by atoms with E-state index in [1.807, 2.05) is 0 Å². The molecule has 0 aromatic carbocycles. The van der Waals surface area contributed by atoms with E-state index in [4.69, 9.17) is 5.73 Å². The zero-order chi connectivity index (χ0) is 11.8. The smallest absolute Gasteiger partial charge is 0.243 e. The van der Waals surface area contributed by atoms with Gasteiger partial charge in [0.2, 0.25) is 17.7 Å². The molecule has 84 valence electrons. The van der Waals surface area contributed by atoms with Crippen LogP contribution in [0.15, 0.2) is 12.7 Å². The van der Waals surface area contributed by atoms with E-state index in [2.05, 4.69) is 17.2 Å². The number of hydrogen-bond acceptors (Lipinski definition) is 3. The van der Waals surface area contributed by atoms with Gasteiger partial charge in [0, 0.05) is 13.5 Å². The normalized spacial score (nSPS) is 11.3. The molecule has 15 heavy (non-hydrogen) atoms. The predicted molar refractivity (Wildman–Crippen MR) is 54.6 cm³/mol. The number of hydrogen-bond donors (Lipinski definition) is 3. The molecule has 0 saturated heterocycles. The van der Waals surface area contributed by atoms with Crippen molar-refractivity contribution in [2.45, 2.75) is 19.4 Å². The number of primary amides is 1. The standard InChI is InChI=1S/C9H15N3O3/c1-3-4-11-9(15)7(5-8(10)14)12-6(2)13/h3,7H,1,4-5H2,2H3,(H2,10,14)(H,11,15)(H,12,13)/t7-/m0/s1. The molecule has 0 heterocycles. The first-order valence-corrected chi connectivity index (χ1v) is 4.41. The van der Waals surface area contributed by atoms with E-state index in [1.165, 1.54) is 13.0 Å². The maximum absolute atomic E-state index is 11.4. The van der Waals surface area contributed by atoms with E-state index < -0.39 is 23.8 Å². The fourth-order valence-corrected chi connectivity index (χ4v) is 0.952. The van der Waals surface area contributed by atoms with Gasteiger partial charge < -0.3 is 16.4 Å². The van der Waals surface area contributed by atoms with Gasteiger partial charge in [0.05, 0.1) is 6.42 Å². The second-order valence-electron chi connectivity index (χ2n) is 2.96. The summed E-state index contributed by atoms with van der Waals surface area (Å²) >= 11 is 0. The van der Waals surface area contributed by atoms with Gasteiger partial charge in [-0.1, -0.05) is 6.08 Å². The van der Waals surface area contributed by atoms with E-state index in [0.717, 1.165) is 0 Å². The van der Waals surface area contributed by atoms with Crippen LogP contribution in [0.25, 0.3) is 0 Å². The number of carbonyl (C=O) groups excluding carboxylic acids is 3. The molecule has 0 saturated carbocycles. The van der Waals surface area contributed by atoms with Gasteiger partial charge in [-0.25, -0.2) is 0 Å². The van der Waals surface area contributed by atoms with Gasteiger partial charge in [-0.15, -0.1) is 6.58 Å². The Kier molecular flexibility index (Phi) is 5.77. The molecule has 0 aliphatic carbocycles. The topological polar surface area (TPSA) is 101 Å². The van der Waals surface area contributed by atoms with Crippen molar-refractivity contribution >= 4 is 17.7 Å². The molecule has 0 fully saturated rings. The van der Waals surface area contributed by atoms with Crippen molar-refractivity contribution in [3.63, 3.8) is 0 Å². The van der Waals surface area contributed by atoms with E-state index in [1.54, 1.807) is 0 Å². The fraction of sp³-hybridized carbons (Fsp3) is 0.444. The first-order chi connectivity index (χ1) is 6.97. The van der Waals surface area contributed by atoms with Crippen molar-refractivity contribution < 1.29 is 14.4 Å². The van der Waals surface area contributed by atoms with Crippen molar-refractivity contribution in [2.75, 3.05) is 6.54 Å². The van der Waals surface area contributed by atoms with E-state index in [9.17, 15) is 14.4 Å². The summed E-state index contributed by atoms with van der Waals surface area (Å²) in [5.74, 6) is -1.50. The maximum Gasteiger partial charge on any atom is 0.243 e. The van der Waals surface area contributed by atoms with Crippen LogP contribution in [0.3, 0.4) is 0 Å². The van der Waals surface area contributed by atoms with Crippen LogP contribution in [-0.4, -0.2) is 30.3 Å². The Hall–Kier alpha value is -1.85. The Morgan fingerprint density at radius 3 is 2.47 bits per heavy atom. The molecule has 0 aromatic rings. The first-order valence-electron chi connectivity index (χ1n) is 4.41. The van der Waals surface area contributed by atoms with Crippen LogP contribution in [0.1, 0.15) is 13.3 Å². The summed E-state index contributed by atoms with van der Waals surface area (Å²) in [5.41, 5.74) is 4.95. The molecule has 0 rings (SSSR count). The second kappa shape index (κ2) is 6.58. The Bertz CT molecular complexity index is 260. The largest absolute Gasteiger partial charge is 0.370 e. The molecule has 4 N–H and O–H groups in total. The van der Waals surface area contributed by atoms with Gasteiger partial charge in [0.1, 0.15) is 6.04 Å². The van der Waals surface area contributed by atoms with Crippen LogP contribution in [0.4, 0.5) is 0 Å². The number of nitrogens with two attached hydrogens (primary N) is 1. The lowest BCUT2D eigenvalue weighted by Gasteiger charge is -2.15. The van der Waals surface area contributed by atoms with E-state index in [0.29, 0.717) is 0 Å². The molecule has 0 bridgehead atoms. The SMILES string of the molecule is C=CCNC(=O)[C@H](CC(N)=O)NC(C)=O. The average Bonchev–Trinajstić information content (AvgIpc) is 2.11. The lowest BCUT2D eigenvalue weighted by molar-refractivity contribution is -0.130. The fourth-order valence-electron chi connectivity index (χ4n) is 0.952. The Morgan fingerprint density at radius 1 is 1.47 bits per heavy atom. The third kappa shape index (κ3) is 6.25. The summed E-state index contributed by atoms with van der Waals surface area (Å²) in [6, 6.07) is -0.917. The quantitative estimate of drug-likeness (QED) is 0.476. The number of amides is 3. The third-order valence-electron chi connectivity index (χ3n) is 1.52. The second-order valence-corrected chi connectivity index (χ2v) is 2.96. The molecule has 3 amide bonds. The van der Waals surface area contributed by atoms with Gasteiger partial charge in [0.15, 0.2) is 0 Å². The van der Waals surface area contributed by atoms with Gasteiger partial charge in [-0.3, -0.25) is 14.4 Å². The number of nitrogens with one attached hydrogen (secondary N) is 2. The Morgan fingerprint density at radius 2 is 2.07 bits per heavy atom. The average molecular weight is 213 g/mol. The summed E-state index contributed by atoms with van der Waals surface area (Å²) in [6.45, 7) is 4.95. The van der Waals surface area contributed by atoms with Crippen molar-refractivity contribution in [3.05, 3.63) is 12.7 Å². The van der Waals surface area contributed by atoms with Crippen molar-refractivity contribution in [3.8, 4) is 0 Å². The highest BCUT2D eigenvalue weighted by Gasteiger charge is 2.20. The highest BCUT2D eigenvalue weighted by Crippen LogP contribution is 1.91. The minimum Gasteiger partial charge on any atom is -0.370 e. The van der Waals surface area contributed by atoms with Crippen molar-refractivity contribution in [2.24, 2.45) is 5.73 Å². The highest BCUT2D eigenvalue weighted by atomic mass is 16.2. The summed E-state index contributed by atoms with van der Waals surface area (Å²) in [4.78, 5) is 32.8. The van der Waals surface area contributed by atoms with Gasteiger partial charge in [0.25, 0.3) is 0 Å². The lowest BCUT2D eigenvalue weighted by Crippen LogP contribution is -2.48. The van der Waals surface area contributed by atoms with Crippen LogP contribution in [0.2, 0.25) is 0 Å². The van der Waals surface area contributed by atoms with Gasteiger partial charge in [-0.2, -0.15) is 0 Å². The number of rotatable bonds is 6. The predicted octanol–water partition coefficient (Wildman–Crippen LogP) is -1.33. The molecule has 0 aliphatic heterocycles. The molecular weight excluding hydrogens is 198 g/mol. The Labute approximate surface area is 87.9 Å². The van der Waals surface area contributed by atoms with Gasteiger partial charge >= 0.3 is 0 Å². The van der Waals surface area contributed by atoms with Crippen LogP contribution in [0.5, 0.6) is 0 Å². The molecule has 0 radical (unpaired) electrons. The van der Waals surface area contributed by atoms with Crippen LogP contribution in [-0.2, 0) is 14.4 Å². The van der Waals surface area contributed by atoms with Crippen LogP contribution >= 0.6 is 0 Å². The van der Waals surface area contributed by atoms with Crippen LogP contribution in [0, 0.1) is 0 Å². The van der Waals surface area contributed by atoms with E-state index >= 15 is 0 Å². The zero-order valence-corrected chi connectivity index (χ0v) is 8.58. The molecule has 0 aromatic heterocycles. The Balaban J connectivity index is 4.32. The molecule has 0 unspecified atom stereocenters. The van der Waals surface area contributed by atoms with Crippen molar-refractivity contribution in [1.82, 2.24) is 10.6 Å². The minimum absolute atomic E-state index is 0.220. The summed E-state index contributed by atoms with van der Waals surface area (Å²) in [7, 11) is 0. The van der Waals surface area contributed by atoms with Gasteiger partial charge in [-0.05, 0) is 0 Å². The van der Waals surface area contributed by atoms with E-state index in [-0.39, 0.29) is 13.0 Å². The molecule has 0 spiro atoms. The highest BCUT2D eigenvalue weighted by molar-refractivity contribution is 5.91. The molecule has 6 nitrogen and oxygen atoms in total. The molecule has 6 heteroatoms. The molecule has 0 aliphatic rings.